The van der Waals surface area contributed by atoms with E-state index >= 15 is 0 Å². The summed E-state index contributed by atoms with van der Waals surface area (Å²) in [6, 6.07) is 1.49. The fourth-order valence-electron chi connectivity index (χ4n) is 3.46. The molecule has 2 fully saturated rings. The second kappa shape index (κ2) is 6.45. The second-order valence-electron chi connectivity index (χ2n) is 7.09. The third kappa shape index (κ3) is 4.21. The van der Waals surface area contributed by atoms with Crippen molar-refractivity contribution in [1.82, 2.24) is 19.8 Å². The van der Waals surface area contributed by atoms with Gasteiger partial charge in [-0.3, -0.25) is 9.69 Å². The SMILES string of the molecule is Cc1cc(C(=O)N2CC[C@](O)(CN3CCC(F)(F)CC3)C2)nc(=O)[nH]1. The van der Waals surface area contributed by atoms with E-state index in [0.29, 0.717) is 18.7 Å². The third-order valence-electron chi connectivity index (χ3n) is 4.82. The number of aromatic nitrogens is 2. The molecule has 9 heteroatoms. The van der Waals surface area contributed by atoms with Crippen molar-refractivity contribution in [3.63, 3.8) is 0 Å². The van der Waals surface area contributed by atoms with Gasteiger partial charge in [-0.25, -0.2) is 13.6 Å². The van der Waals surface area contributed by atoms with Crippen molar-refractivity contribution in [3.8, 4) is 0 Å². The molecule has 2 saturated heterocycles. The molecular weight excluding hydrogens is 334 g/mol. The zero-order valence-electron chi connectivity index (χ0n) is 14.1. The maximum Gasteiger partial charge on any atom is 0.345 e. The van der Waals surface area contributed by atoms with Crippen molar-refractivity contribution in [1.29, 1.82) is 0 Å². The zero-order chi connectivity index (χ0) is 18.2. The highest BCUT2D eigenvalue weighted by molar-refractivity contribution is 5.92. The molecule has 0 unspecified atom stereocenters. The maximum atomic E-state index is 13.2. The normalized spacial score (nSPS) is 26.8. The number of H-pyrrole nitrogens is 1. The van der Waals surface area contributed by atoms with Crippen molar-refractivity contribution < 1.29 is 18.7 Å². The molecule has 0 aliphatic carbocycles. The quantitative estimate of drug-likeness (QED) is 0.818. The Bertz CT molecular complexity index is 714. The van der Waals surface area contributed by atoms with Crippen molar-refractivity contribution in [2.24, 2.45) is 0 Å². The maximum absolute atomic E-state index is 13.2. The molecule has 3 heterocycles. The third-order valence-corrected chi connectivity index (χ3v) is 4.82. The van der Waals surface area contributed by atoms with Gasteiger partial charge >= 0.3 is 5.69 Å². The number of amides is 1. The molecule has 3 rings (SSSR count). The number of piperidine rings is 1. The summed E-state index contributed by atoms with van der Waals surface area (Å²) in [7, 11) is 0. The number of rotatable bonds is 3. The van der Waals surface area contributed by atoms with Crippen molar-refractivity contribution in [2.75, 3.05) is 32.7 Å². The summed E-state index contributed by atoms with van der Waals surface area (Å²) in [6.07, 6.45) is -0.0444. The molecule has 2 N–H and O–H groups in total. The molecule has 2 aliphatic heterocycles. The molecule has 0 radical (unpaired) electrons. The Labute approximate surface area is 143 Å². The number of carbonyl (C=O) groups is 1. The Morgan fingerprint density at radius 3 is 2.64 bits per heavy atom. The van der Waals surface area contributed by atoms with E-state index < -0.39 is 23.1 Å². The Morgan fingerprint density at radius 2 is 2.00 bits per heavy atom. The van der Waals surface area contributed by atoms with Crippen LogP contribution in [-0.4, -0.2) is 75.0 Å². The summed E-state index contributed by atoms with van der Waals surface area (Å²) >= 11 is 0. The second-order valence-corrected chi connectivity index (χ2v) is 7.09. The minimum absolute atomic E-state index is 0.0446. The van der Waals surface area contributed by atoms with Crippen LogP contribution in [0.4, 0.5) is 8.78 Å². The van der Waals surface area contributed by atoms with Crippen LogP contribution in [0.25, 0.3) is 0 Å². The number of β-amino-alcohol motifs (C(OH)–C–C–N with tert-alkyl or cyclic N) is 1. The molecule has 1 atom stereocenters. The van der Waals surface area contributed by atoms with E-state index in [0.717, 1.165) is 0 Å². The number of nitrogens with one attached hydrogen (secondary N) is 1. The van der Waals surface area contributed by atoms with Gasteiger partial charge in [0.05, 0.1) is 12.1 Å². The van der Waals surface area contributed by atoms with Crippen LogP contribution in [0.1, 0.15) is 35.4 Å². The van der Waals surface area contributed by atoms with Crippen LogP contribution in [-0.2, 0) is 0 Å². The van der Waals surface area contributed by atoms with Gasteiger partial charge in [-0.1, -0.05) is 0 Å². The monoisotopic (exact) mass is 356 g/mol. The van der Waals surface area contributed by atoms with Crippen LogP contribution in [0.5, 0.6) is 0 Å². The average Bonchev–Trinajstić information content (AvgIpc) is 2.90. The topological polar surface area (TPSA) is 89.5 Å². The Morgan fingerprint density at radius 1 is 1.32 bits per heavy atom. The van der Waals surface area contributed by atoms with E-state index in [2.05, 4.69) is 9.97 Å². The average molecular weight is 356 g/mol. The molecule has 0 aromatic carbocycles. The Balaban J connectivity index is 1.62. The number of aryl methyl sites for hydroxylation is 1. The van der Waals surface area contributed by atoms with E-state index in [4.69, 9.17) is 0 Å². The number of halogens is 2. The first-order chi connectivity index (χ1) is 11.7. The highest BCUT2D eigenvalue weighted by Crippen LogP contribution is 2.30. The molecule has 1 aromatic heterocycles. The Kier molecular flexibility index (Phi) is 4.63. The standard InChI is InChI=1S/C16H22F2N4O3/c1-11-8-12(20-14(24)19-11)13(23)22-7-2-15(25,10-22)9-21-5-3-16(17,18)4-6-21/h8,25H,2-7,9-10H2,1H3,(H,19,20,24)/t15-/m0/s1. The van der Waals surface area contributed by atoms with Crippen LogP contribution >= 0.6 is 0 Å². The molecule has 0 spiro atoms. The zero-order valence-corrected chi connectivity index (χ0v) is 14.1. The molecule has 0 bridgehead atoms. The van der Waals surface area contributed by atoms with Crippen molar-refractivity contribution in [3.05, 3.63) is 27.9 Å². The lowest BCUT2D eigenvalue weighted by Crippen LogP contribution is -2.49. The van der Waals surface area contributed by atoms with Gasteiger partial charge in [0.15, 0.2) is 0 Å². The number of carbonyl (C=O) groups excluding carboxylic acids is 1. The summed E-state index contributed by atoms with van der Waals surface area (Å²) in [5.74, 6) is -3.03. The number of aliphatic hydroxyl groups is 1. The van der Waals surface area contributed by atoms with Crippen LogP contribution in [0, 0.1) is 6.92 Å². The molecule has 0 saturated carbocycles. The molecule has 25 heavy (non-hydrogen) atoms. The predicted octanol–water partition coefficient (Wildman–Crippen LogP) is 0.386. The van der Waals surface area contributed by atoms with Gasteiger partial charge in [-0.2, -0.15) is 4.98 Å². The summed E-state index contributed by atoms with van der Waals surface area (Å²) in [5.41, 5.74) is -1.14. The van der Waals surface area contributed by atoms with E-state index in [-0.39, 0.29) is 44.7 Å². The number of alkyl halides is 2. The lowest BCUT2D eigenvalue weighted by atomic mass is 10.00. The summed E-state index contributed by atoms with van der Waals surface area (Å²) in [6.45, 7) is 2.83. The molecule has 1 amide bonds. The highest BCUT2D eigenvalue weighted by atomic mass is 19.3. The fraction of sp³-hybridized carbons (Fsp3) is 0.688. The van der Waals surface area contributed by atoms with Crippen molar-refractivity contribution >= 4 is 5.91 Å². The largest absolute Gasteiger partial charge is 0.387 e. The lowest BCUT2D eigenvalue weighted by Gasteiger charge is -2.36. The number of likely N-dealkylation sites (tertiary alicyclic amines) is 2. The Hall–Kier alpha value is -1.87. The number of hydrogen-bond donors (Lipinski definition) is 2. The molecular formula is C16H22F2N4O3. The first kappa shape index (κ1) is 17.9. The lowest BCUT2D eigenvalue weighted by molar-refractivity contribution is -0.0720. The van der Waals surface area contributed by atoms with Crippen LogP contribution in [0.3, 0.4) is 0 Å². The van der Waals surface area contributed by atoms with E-state index in [9.17, 15) is 23.5 Å². The number of aromatic amines is 1. The van der Waals surface area contributed by atoms with Gasteiger partial charge in [0.1, 0.15) is 5.69 Å². The minimum Gasteiger partial charge on any atom is -0.387 e. The van der Waals surface area contributed by atoms with Gasteiger partial charge in [-0.15, -0.1) is 0 Å². The first-order valence-electron chi connectivity index (χ1n) is 8.36. The van der Waals surface area contributed by atoms with Gasteiger partial charge in [0.2, 0.25) is 0 Å². The molecule has 1 aromatic rings. The van der Waals surface area contributed by atoms with Gasteiger partial charge in [0.25, 0.3) is 11.8 Å². The summed E-state index contributed by atoms with van der Waals surface area (Å²) < 4.78 is 26.5. The summed E-state index contributed by atoms with van der Waals surface area (Å²) in [4.78, 5) is 33.4. The van der Waals surface area contributed by atoms with Crippen LogP contribution < -0.4 is 5.69 Å². The van der Waals surface area contributed by atoms with Gasteiger partial charge in [0, 0.05) is 44.7 Å². The molecule has 7 nitrogen and oxygen atoms in total. The van der Waals surface area contributed by atoms with Crippen LogP contribution in [0.2, 0.25) is 0 Å². The minimum atomic E-state index is -2.62. The van der Waals surface area contributed by atoms with Crippen LogP contribution in [0.15, 0.2) is 10.9 Å². The van der Waals surface area contributed by atoms with E-state index in [1.54, 1.807) is 6.92 Å². The fourth-order valence-corrected chi connectivity index (χ4v) is 3.46. The van der Waals surface area contributed by atoms with Crippen molar-refractivity contribution in [2.45, 2.75) is 37.7 Å². The smallest absolute Gasteiger partial charge is 0.345 e. The number of hydrogen-bond acceptors (Lipinski definition) is 5. The van der Waals surface area contributed by atoms with E-state index in [1.807, 2.05) is 4.90 Å². The van der Waals surface area contributed by atoms with Gasteiger partial charge in [-0.05, 0) is 19.4 Å². The summed E-state index contributed by atoms with van der Waals surface area (Å²) in [5, 5.41) is 10.7. The molecule has 138 valence electrons. The number of nitrogens with zero attached hydrogens (tertiary/aromatic N) is 3. The highest BCUT2D eigenvalue weighted by Gasteiger charge is 2.42. The van der Waals surface area contributed by atoms with Gasteiger partial charge < -0.3 is 15.0 Å². The van der Waals surface area contributed by atoms with E-state index in [1.165, 1.54) is 11.0 Å². The predicted molar refractivity (Wildman–Crippen MR) is 85.7 cm³/mol. The first-order valence-corrected chi connectivity index (χ1v) is 8.36. The molecule has 2 aliphatic rings.